The molecule has 0 radical (unpaired) electrons. The second-order valence-corrected chi connectivity index (χ2v) is 3.99. The van der Waals surface area contributed by atoms with Crippen molar-refractivity contribution in [1.29, 1.82) is 0 Å². The van der Waals surface area contributed by atoms with Gasteiger partial charge in [0, 0.05) is 20.3 Å². The fourth-order valence-corrected chi connectivity index (χ4v) is 1.58. The van der Waals surface area contributed by atoms with Crippen LogP contribution < -0.4 is 5.43 Å². The lowest BCUT2D eigenvalue weighted by Crippen LogP contribution is -2.29. The van der Waals surface area contributed by atoms with E-state index in [4.69, 9.17) is 0 Å². The molecule has 0 saturated heterocycles. The fraction of sp³-hybridized carbons (Fsp3) is 0.727. The Balaban J connectivity index is 2.55. The maximum atomic E-state index is 4.55. The Morgan fingerprint density at radius 3 is 2.60 bits per heavy atom. The lowest BCUT2D eigenvalue weighted by atomic mass is 10.2. The highest BCUT2D eigenvalue weighted by Crippen LogP contribution is 2.14. The predicted octanol–water partition coefficient (Wildman–Crippen LogP) is 1.81. The predicted molar refractivity (Wildman–Crippen MR) is 62.4 cm³/mol. The molecule has 0 spiro atoms. The first-order valence-corrected chi connectivity index (χ1v) is 5.62. The van der Waals surface area contributed by atoms with Gasteiger partial charge in [0.2, 0.25) is 0 Å². The largest absolute Gasteiger partial charge is 0.269 e. The van der Waals surface area contributed by atoms with Crippen molar-refractivity contribution in [2.45, 2.75) is 39.3 Å². The van der Waals surface area contributed by atoms with Crippen LogP contribution in [0.15, 0.2) is 12.3 Å². The van der Waals surface area contributed by atoms with Crippen LogP contribution in [0.3, 0.4) is 0 Å². The van der Waals surface area contributed by atoms with Crippen molar-refractivity contribution in [3.8, 4) is 0 Å². The van der Waals surface area contributed by atoms with Gasteiger partial charge in [0.25, 0.3) is 0 Å². The van der Waals surface area contributed by atoms with Crippen molar-refractivity contribution >= 4 is 0 Å². The van der Waals surface area contributed by atoms with Crippen LogP contribution >= 0.6 is 0 Å². The summed E-state index contributed by atoms with van der Waals surface area (Å²) in [5, 5.41) is 6.49. The van der Waals surface area contributed by atoms with Gasteiger partial charge < -0.3 is 0 Å². The second kappa shape index (κ2) is 5.88. The van der Waals surface area contributed by atoms with Crippen LogP contribution in [0.4, 0.5) is 0 Å². The highest BCUT2D eigenvalue weighted by Gasteiger charge is 2.07. The fourth-order valence-electron chi connectivity index (χ4n) is 1.58. The third-order valence-electron chi connectivity index (χ3n) is 2.56. The van der Waals surface area contributed by atoms with Gasteiger partial charge in [-0.2, -0.15) is 5.10 Å². The van der Waals surface area contributed by atoms with Crippen molar-refractivity contribution in [3.63, 3.8) is 0 Å². The molecule has 0 bridgehead atoms. The van der Waals surface area contributed by atoms with Crippen LogP contribution in [-0.2, 0) is 6.54 Å². The van der Waals surface area contributed by atoms with Crippen molar-refractivity contribution in [1.82, 2.24) is 20.2 Å². The van der Waals surface area contributed by atoms with Gasteiger partial charge in [-0.25, -0.2) is 5.43 Å². The molecule has 0 aliphatic carbocycles. The molecular weight excluding hydrogens is 188 g/mol. The number of hydrogen-bond donors (Lipinski definition) is 1. The Labute approximate surface area is 92.2 Å². The van der Waals surface area contributed by atoms with Gasteiger partial charge >= 0.3 is 0 Å². The maximum absolute atomic E-state index is 4.55. The monoisotopic (exact) mass is 210 g/mol. The van der Waals surface area contributed by atoms with Crippen LogP contribution in [0.2, 0.25) is 0 Å². The van der Waals surface area contributed by atoms with Crippen molar-refractivity contribution in [3.05, 3.63) is 18.0 Å². The number of aromatic nitrogens is 2. The van der Waals surface area contributed by atoms with Gasteiger partial charge in [0.1, 0.15) is 0 Å². The van der Waals surface area contributed by atoms with Gasteiger partial charge in [-0.05, 0) is 18.9 Å². The number of hydrogen-bond acceptors (Lipinski definition) is 3. The average Bonchev–Trinajstić information content (AvgIpc) is 2.65. The Morgan fingerprint density at radius 1 is 1.40 bits per heavy atom. The van der Waals surface area contributed by atoms with Gasteiger partial charge in [-0.15, -0.1) is 0 Å². The van der Waals surface area contributed by atoms with Gasteiger partial charge in [-0.3, -0.25) is 9.69 Å². The highest BCUT2D eigenvalue weighted by atomic mass is 15.5. The van der Waals surface area contributed by atoms with Crippen LogP contribution in [0.5, 0.6) is 0 Å². The minimum Gasteiger partial charge on any atom is -0.269 e. The summed E-state index contributed by atoms with van der Waals surface area (Å²) in [7, 11) is 3.97. The molecule has 86 valence electrons. The van der Waals surface area contributed by atoms with Crippen molar-refractivity contribution in [2.75, 3.05) is 14.1 Å². The van der Waals surface area contributed by atoms with E-state index in [1.807, 2.05) is 19.1 Å². The molecule has 0 atom stereocenters. The van der Waals surface area contributed by atoms with E-state index in [-0.39, 0.29) is 0 Å². The van der Waals surface area contributed by atoms with E-state index in [2.05, 4.69) is 41.3 Å². The third-order valence-corrected chi connectivity index (χ3v) is 2.56. The van der Waals surface area contributed by atoms with E-state index in [0.717, 1.165) is 25.1 Å². The Hall–Kier alpha value is -0.870. The summed E-state index contributed by atoms with van der Waals surface area (Å²) in [5.41, 5.74) is 4.30. The standard InChI is InChI=1S/C11H22N4/c1-5-11(6-2)15-8-7-10(13-15)9-12-14(3)4/h7-8,11-12H,5-6,9H2,1-4H3. The number of nitrogens with zero attached hydrogens (tertiary/aromatic N) is 3. The molecule has 0 saturated carbocycles. The number of hydrazine groups is 1. The second-order valence-electron chi connectivity index (χ2n) is 3.99. The molecule has 0 unspecified atom stereocenters. The molecule has 0 aliphatic heterocycles. The van der Waals surface area contributed by atoms with Crippen molar-refractivity contribution in [2.24, 2.45) is 0 Å². The van der Waals surface area contributed by atoms with Gasteiger partial charge in [-0.1, -0.05) is 13.8 Å². The Bertz CT molecular complexity index is 276. The summed E-state index contributed by atoms with van der Waals surface area (Å²) < 4.78 is 2.08. The molecule has 1 aromatic heterocycles. The number of rotatable bonds is 6. The summed E-state index contributed by atoms with van der Waals surface area (Å²) in [5.74, 6) is 0. The first-order chi connectivity index (χ1) is 7.17. The zero-order chi connectivity index (χ0) is 11.3. The number of nitrogens with one attached hydrogen (secondary N) is 1. The van der Waals surface area contributed by atoms with Gasteiger partial charge in [0.05, 0.1) is 18.3 Å². The lowest BCUT2D eigenvalue weighted by molar-refractivity contribution is 0.283. The lowest BCUT2D eigenvalue weighted by Gasteiger charge is -2.13. The van der Waals surface area contributed by atoms with E-state index in [9.17, 15) is 0 Å². The first kappa shape index (κ1) is 12.2. The maximum Gasteiger partial charge on any atom is 0.0776 e. The molecule has 4 nitrogen and oxygen atoms in total. The van der Waals surface area contributed by atoms with Gasteiger partial charge in [0.15, 0.2) is 0 Å². The summed E-state index contributed by atoms with van der Waals surface area (Å²) >= 11 is 0. The van der Waals surface area contributed by atoms with E-state index in [0.29, 0.717) is 6.04 Å². The molecule has 1 rings (SSSR count). The summed E-state index contributed by atoms with van der Waals surface area (Å²) in [4.78, 5) is 0. The molecule has 0 aliphatic rings. The van der Waals surface area contributed by atoms with Crippen molar-refractivity contribution < 1.29 is 0 Å². The summed E-state index contributed by atoms with van der Waals surface area (Å²) in [6.45, 7) is 5.20. The SMILES string of the molecule is CCC(CC)n1ccc(CNN(C)C)n1. The molecule has 0 fully saturated rings. The van der Waals surface area contributed by atoms with E-state index < -0.39 is 0 Å². The normalized spacial score (nSPS) is 11.6. The molecule has 4 heteroatoms. The topological polar surface area (TPSA) is 33.1 Å². The molecule has 1 N–H and O–H groups in total. The van der Waals surface area contributed by atoms with Crippen LogP contribution in [0.25, 0.3) is 0 Å². The summed E-state index contributed by atoms with van der Waals surface area (Å²) in [6.07, 6.45) is 4.35. The molecule has 1 aromatic rings. The van der Waals surface area contributed by atoms with E-state index in [1.54, 1.807) is 0 Å². The zero-order valence-corrected chi connectivity index (χ0v) is 10.2. The quantitative estimate of drug-likeness (QED) is 0.727. The molecule has 1 heterocycles. The molecule has 15 heavy (non-hydrogen) atoms. The van der Waals surface area contributed by atoms with E-state index >= 15 is 0 Å². The first-order valence-electron chi connectivity index (χ1n) is 5.62. The molecular formula is C11H22N4. The van der Waals surface area contributed by atoms with E-state index in [1.165, 1.54) is 0 Å². The third kappa shape index (κ3) is 3.64. The highest BCUT2D eigenvalue weighted by molar-refractivity contribution is 4.99. The molecule has 0 aromatic carbocycles. The Kier molecular flexibility index (Phi) is 4.78. The average molecular weight is 210 g/mol. The Morgan fingerprint density at radius 2 is 2.07 bits per heavy atom. The smallest absolute Gasteiger partial charge is 0.0776 e. The minimum absolute atomic E-state index is 0.540. The minimum atomic E-state index is 0.540. The van der Waals surface area contributed by atoms with Crippen LogP contribution in [-0.4, -0.2) is 28.9 Å². The van der Waals surface area contributed by atoms with Crippen LogP contribution in [0.1, 0.15) is 38.4 Å². The van der Waals surface area contributed by atoms with Crippen LogP contribution in [0, 0.1) is 0 Å². The summed E-state index contributed by atoms with van der Waals surface area (Å²) in [6, 6.07) is 2.62. The molecule has 0 amide bonds. The zero-order valence-electron chi connectivity index (χ0n) is 10.2.